The molecule has 0 atom stereocenters. The van der Waals surface area contributed by atoms with E-state index < -0.39 is 0 Å². The van der Waals surface area contributed by atoms with E-state index in [-0.39, 0.29) is 5.91 Å². The van der Waals surface area contributed by atoms with Gasteiger partial charge in [-0.05, 0) is 50.7 Å². The van der Waals surface area contributed by atoms with Gasteiger partial charge in [0.2, 0.25) is 0 Å². The summed E-state index contributed by atoms with van der Waals surface area (Å²) in [7, 11) is 3.99. The lowest BCUT2D eigenvalue weighted by Gasteiger charge is -2.29. The molecule has 0 saturated carbocycles. The number of para-hydroxylation sites is 1. The number of carbonyl (C=O) groups excluding carboxylic acids is 1. The third-order valence-corrected chi connectivity index (χ3v) is 3.90. The zero-order chi connectivity index (χ0) is 15.5. The number of hydrogen-bond acceptors (Lipinski definition) is 3. The third kappa shape index (κ3) is 3.02. The summed E-state index contributed by atoms with van der Waals surface area (Å²) in [6.07, 6.45) is 3.78. The lowest BCUT2D eigenvalue weighted by Crippen LogP contribution is -2.35. The molecule has 0 saturated heterocycles. The molecule has 3 rings (SSSR count). The number of rotatable bonds is 3. The van der Waals surface area contributed by atoms with E-state index in [9.17, 15) is 4.79 Å². The molecule has 4 nitrogen and oxygen atoms in total. The summed E-state index contributed by atoms with van der Waals surface area (Å²) in [4.78, 5) is 21.2. The highest BCUT2D eigenvalue weighted by Crippen LogP contribution is 2.28. The maximum Gasteiger partial charge on any atom is 0.258 e. The monoisotopic (exact) mass is 295 g/mol. The molecule has 0 radical (unpaired) electrons. The molecule has 0 spiro atoms. The summed E-state index contributed by atoms with van der Waals surface area (Å²) in [5.74, 6) is 0.0644. The molecule has 1 amide bonds. The number of fused-ring (bicyclic) bond motifs is 1. The first kappa shape index (κ1) is 14.7. The Hall–Kier alpha value is -2.20. The SMILES string of the molecule is CN(C)Cc1cc(C(=O)N2CCCc3ccccc32)ccn1. The molecule has 0 aliphatic carbocycles. The van der Waals surface area contributed by atoms with Gasteiger partial charge in [0.05, 0.1) is 5.69 Å². The minimum Gasteiger partial charge on any atom is -0.308 e. The highest BCUT2D eigenvalue weighted by atomic mass is 16.2. The first-order chi connectivity index (χ1) is 10.6. The Bertz CT molecular complexity index is 682. The Morgan fingerprint density at radius 3 is 2.91 bits per heavy atom. The lowest BCUT2D eigenvalue weighted by atomic mass is 10.0. The summed E-state index contributed by atoms with van der Waals surface area (Å²) in [6, 6.07) is 11.9. The Balaban J connectivity index is 1.89. The topological polar surface area (TPSA) is 36.4 Å². The highest BCUT2D eigenvalue weighted by molar-refractivity contribution is 6.06. The second kappa shape index (κ2) is 6.28. The van der Waals surface area contributed by atoms with Gasteiger partial charge in [-0.2, -0.15) is 0 Å². The lowest BCUT2D eigenvalue weighted by molar-refractivity contribution is 0.0985. The summed E-state index contributed by atoms with van der Waals surface area (Å²) >= 11 is 0. The van der Waals surface area contributed by atoms with E-state index in [0.717, 1.165) is 37.3 Å². The molecule has 4 heteroatoms. The Morgan fingerprint density at radius 2 is 2.09 bits per heavy atom. The van der Waals surface area contributed by atoms with Gasteiger partial charge in [0, 0.05) is 30.5 Å². The predicted molar refractivity (Wildman–Crippen MR) is 88.1 cm³/mol. The fourth-order valence-corrected chi connectivity index (χ4v) is 2.92. The highest BCUT2D eigenvalue weighted by Gasteiger charge is 2.23. The molecule has 2 aromatic rings. The van der Waals surface area contributed by atoms with Gasteiger partial charge in [0.1, 0.15) is 0 Å². The maximum absolute atomic E-state index is 12.9. The molecule has 1 aliphatic rings. The third-order valence-electron chi connectivity index (χ3n) is 3.90. The molecular weight excluding hydrogens is 274 g/mol. The van der Waals surface area contributed by atoms with Crippen molar-refractivity contribution in [3.8, 4) is 0 Å². The number of amides is 1. The summed E-state index contributed by atoms with van der Waals surface area (Å²) in [5, 5.41) is 0. The molecule has 0 fully saturated rings. The summed E-state index contributed by atoms with van der Waals surface area (Å²) in [6.45, 7) is 1.51. The number of nitrogens with zero attached hydrogens (tertiary/aromatic N) is 3. The van der Waals surface area contributed by atoms with Gasteiger partial charge >= 0.3 is 0 Å². The van der Waals surface area contributed by atoms with E-state index >= 15 is 0 Å². The van der Waals surface area contributed by atoms with Crippen molar-refractivity contribution in [3.63, 3.8) is 0 Å². The van der Waals surface area contributed by atoms with Crippen LogP contribution in [0.4, 0.5) is 5.69 Å². The molecule has 22 heavy (non-hydrogen) atoms. The molecule has 1 aromatic carbocycles. The van der Waals surface area contributed by atoms with E-state index in [0.29, 0.717) is 5.56 Å². The van der Waals surface area contributed by atoms with Gasteiger partial charge in [0.15, 0.2) is 0 Å². The van der Waals surface area contributed by atoms with Crippen molar-refractivity contribution < 1.29 is 4.79 Å². The zero-order valence-corrected chi connectivity index (χ0v) is 13.1. The normalized spacial score (nSPS) is 14.0. The number of anilines is 1. The van der Waals surface area contributed by atoms with Crippen molar-refractivity contribution in [2.75, 3.05) is 25.5 Å². The van der Waals surface area contributed by atoms with Crippen LogP contribution in [-0.2, 0) is 13.0 Å². The van der Waals surface area contributed by atoms with Gasteiger partial charge < -0.3 is 9.80 Å². The van der Waals surface area contributed by atoms with E-state index in [4.69, 9.17) is 0 Å². The maximum atomic E-state index is 12.9. The Kier molecular flexibility index (Phi) is 4.20. The molecule has 0 bridgehead atoms. The predicted octanol–water partition coefficient (Wildman–Crippen LogP) is 2.74. The number of pyridine rings is 1. The van der Waals surface area contributed by atoms with E-state index in [2.05, 4.69) is 11.1 Å². The quantitative estimate of drug-likeness (QED) is 0.873. The van der Waals surface area contributed by atoms with E-state index in [1.807, 2.05) is 48.2 Å². The van der Waals surface area contributed by atoms with Crippen LogP contribution in [0.5, 0.6) is 0 Å². The molecule has 2 heterocycles. The Morgan fingerprint density at radius 1 is 1.27 bits per heavy atom. The van der Waals surface area contributed by atoms with Crippen LogP contribution in [0.15, 0.2) is 42.6 Å². The summed E-state index contributed by atoms with van der Waals surface area (Å²) in [5.41, 5.74) is 3.93. The molecule has 0 unspecified atom stereocenters. The van der Waals surface area contributed by atoms with Gasteiger partial charge in [-0.1, -0.05) is 18.2 Å². The van der Waals surface area contributed by atoms with Crippen molar-refractivity contribution in [2.24, 2.45) is 0 Å². The fourth-order valence-electron chi connectivity index (χ4n) is 2.92. The number of benzene rings is 1. The second-order valence-corrected chi connectivity index (χ2v) is 5.96. The molecule has 114 valence electrons. The largest absolute Gasteiger partial charge is 0.308 e. The van der Waals surface area contributed by atoms with Crippen LogP contribution in [0.2, 0.25) is 0 Å². The minimum absolute atomic E-state index is 0.0644. The van der Waals surface area contributed by atoms with Crippen molar-refractivity contribution >= 4 is 11.6 Å². The van der Waals surface area contributed by atoms with Crippen LogP contribution < -0.4 is 4.90 Å². The smallest absolute Gasteiger partial charge is 0.258 e. The van der Waals surface area contributed by atoms with Gasteiger partial charge in [-0.15, -0.1) is 0 Å². The average molecular weight is 295 g/mol. The van der Waals surface area contributed by atoms with E-state index in [1.165, 1.54) is 5.56 Å². The van der Waals surface area contributed by atoms with Crippen LogP contribution >= 0.6 is 0 Å². The van der Waals surface area contributed by atoms with Crippen LogP contribution in [0.1, 0.15) is 28.0 Å². The van der Waals surface area contributed by atoms with Crippen molar-refractivity contribution in [1.82, 2.24) is 9.88 Å². The minimum atomic E-state index is 0.0644. The van der Waals surface area contributed by atoms with Crippen LogP contribution in [0.3, 0.4) is 0 Å². The van der Waals surface area contributed by atoms with Crippen LogP contribution in [0.25, 0.3) is 0 Å². The first-order valence-corrected chi connectivity index (χ1v) is 7.64. The second-order valence-electron chi connectivity index (χ2n) is 5.96. The number of aromatic nitrogens is 1. The average Bonchev–Trinajstić information content (AvgIpc) is 2.53. The van der Waals surface area contributed by atoms with Crippen molar-refractivity contribution in [3.05, 3.63) is 59.4 Å². The van der Waals surface area contributed by atoms with Crippen LogP contribution in [0, 0.1) is 0 Å². The molecular formula is C18H21N3O. The first-order valence-electron chi connectivity index (χ1n) is 7.64. The standard InChI is InChI=1S/C18H21N3O/c1-20(2)13-16-12-15(9-10-19-16)18(22)21-11-5-7-14-6-3-4-8-17(14)21/h3-4,6,8-10,12H,5,7,11,13H2,1-2H3. The van der Waals surface area contributed by atoms with E-state index in [1.54, 1.807) is 12.3 Å². The van der Waals surface area contributed by atoms with Crippen molar-refractivity contribution in [2.45, 2.75) is 19.4 Å². The van der Waals surface area contributed by atoms with Gasteiger partial charge in [-0.3, -0.25) is 9.78 Å². The van der Waals surface area contributed by atoms with Crippen LogP contribution in [-0.4, -0.2) is 36.4 Å². The molecule has 1 aromatic heterocycles. The fraction of sp³-hybridized carbons (Fsp3) is 0.333. The number of carbonyl (C=O) groups is 1. The molecule has 0 N–H and O–H groups in total. The Labute approximate surface area is 131 Å². The zero-order valence-electron chi connectivity index (χ0n) is 13.1. The number of hydrogen-bond donors (Lipinski definition) is 0. The summed E-state index contributed by atoms with van der Waals surface area (Å²) < 4.78 is 0. The van der Waals surface area contributed by atoms with Gasteiger partial charge in [0.25, 0.3) is 5.91 Å². The number of aryl methyl sites for hydroxylation is 1. The van der Waals surface area contributed by atoms with Gasteiger partial charge in [-0.25, -0.2) is 0 Å². The molecule has 1 aliphatic heterocycles. The van der Waals surface area contributed by atoms with Crippen molar-refractivity contribution in [1.29, 1.82) is 0 Å².